The molecule has 2 atom stereocenters. The molecule has 0 aromatic heterocycles. The summed E-state index contributed by atoms with van der Waals surface area (Å²) in [5, 5.41) is 2.91. The molecule has 2 aliphatic rings. The molecule has 2 aromatic carbocycles. The van der Waals surface area contributed by atoms with E-state index in [1.807, 2.05) is 38.1 Å². The molecule has 1 fully saturated rings. The number of nitrogens with zero attached hydrogens (tertiary/aromatic N) is 1. The molecule has 6 heteroatoms. The van der Waals surface area contributed by atoms with Crippen LogP contribution in [-0.4, -0.2) is 17.7 Å². The van der Waals surface area contributed by atoms with Crippen molar-refractivity contribution in [2.75, 3.05) is 10.2 Å². The van der Waals surface area contributed by atoms with Crippen LogP contribution in [0.5, 0.6) is 0 Å². The van der Waals surface area contributed by atoms with Crippen LogP contribution in [-0.2, 0) is 9.59 Å². The molecular weight excluding hydrogens is 479 g/mol. The number of imide groups is 1. The fraction of sp³-hybridized carbons (Fsp3) is 0.261. The zero-order valence-corrected chi connectivity index (χ0v) is 18.4. The van der Waals surface area contributed by atoms with Gasteiger partial charge in [0.1, 0.15) is 0 Å². The van der Waals surface area contributed by atoms with E-state index in [-0.39, 0.29) is 29.6 Å². The third-order valence-corrected chi connectivity index (χ3v) is 6.30. The van der Waals surface area contributed by atoms with E-state index in [2.05, 4.69) is 27.9 Å². The van der Waals surface area contributed by atoms with Gasteiger partial charge in [-0.05, 0) is 91.2 Å². The Bertz CT molecular complexity index is 1060. The second-order valence-corrected chi connectivity index (χ2v) is 8.92. The van der Waals surface area contributed by atoms with Crippen molar-refractivity contribution in [3.8, 4) is 0 Å². The van der Waals surface area contributed by atoms with E-state index in [1.165, 1.54) is 4.90 Å². The molecule has 1 aliphatic heterocycles. The van der Waals surface area contributed by atoms with Gasteiger partial charge >= 0.3 is 0 Å². The predicted octanol–water partition coefficient (Wildman–Crippen LogP) is 4.70. The zero-order chi connectivity index (χ0) is 20.7. The third-order valence-electron chi connectivity index (χ3n) is 5.63. The first-order valence-electron chi connectivity index (χ1n) is 9.56. The van der Waals surface area contributed by atoms with Crippen LogP contribution in [0.2, 0.25) is 0 Å². The van der Waals surface area contributed by atoms with Gasteiger partial charge in [-0.1, -0.05) is 17.7 Å². The highest BCUT2D eigenvalue weighted by Crippen LogP contribution is 2.39. The topological polar surface area (TPSA) is 66.5 Å². The van der Waals surface area contributed by atoms with E-state index in [0.29, 0.717) is 24.1 Å². The number of nitrogens with one attached hydrogen (secondary N) is 1. The molecule has 5 nitrogen and oxygen atoms in total. The van der Waals surface area contributed by atoms with Crippen molar-refractivity contribution in [3.05, 3.63) is 68.8 Å². The van der Waals surface area contributed by atoms with Crippen LogP contribution in [0.3, 0.4) is 0 Å². The smallest absolute Gasteiger partial charge is 0.255 e. The lowest BCUT2D eigenvalue weighted by atomic mass is 9.82. The van der Waals surface area contributed by atoms with E-state index in [4.69, 9.17) is 0 Å². The van der Waals surface area contributed by atoms with Crippen molar-refractivity contribution in [1.82, 2.24) is 0 Å². The molecule has 1 saturated heterocycles. The van der Waals surface area contributed by atoms with Crippen molar-refractivity contribution >= 4 is 51.7 Å². The largest absolute Gasteiger partial charge is 0.322 e. The second kappa shape index (κ2) is 7.74. The number of carbonyl (C=O) groups excluding carboxylic acids is 3. The standard InChI is InChI=1S/C23H21IN2O3/c1-13-6-8-18-19(10-13)23(29)26(22(18)28)17-5-3-4-15(12-17)21(27)25-20-9-7-16(24)11-14(20)2/h3-7,9,11-12,18-19H,8,10H2,1-2H3,(H,25,27)/t18-,19-/m1/s1. The molecule has 4 rings (SSSR count). The average molecular weight is 500 g/mol. The summed E-state index contributed by atoms with van der Waals surface area (Å²) in [7, 11) is 0. The number of carbonyl (C=O) groups is 3. The minimum absolute atomic E-state index is 0.168. The van der Waals surface area contributed by atoms with E-state index in [0.717, 1.165) is 20.4 Å². The van der Waals surface area contributed by atoms with Crippen molar-refractivity contribution in [1.29, 1.82) is 0 Å². The van der Waals surface area contributed by atoms with Gasteiger partial charge in [0.25, 0.3) is 5.91 Å². The number of fused-ring (bicyclic) bond motifs is 1. The molecular formula is C23H21IN2O3. The first-order chi connectivity index (χ1) is 13.8. The molecule has 1 N–H and O–H groups in total. The molecule has 148 valence electrons. The van der Waals surface area contributed by atoms with Gasteiger partial charge in [0.2, 0.25) is 11.8 Å². The van der Waals surface area contributed by atoms with Gasteiger partial charge in [-0.3, -0.25) is 19.3 Å². The van der Waals surface area contributed by atoms with Crippen LogP contribution in [0.4, 0.5) is 11.4 Å². The normalized spacial score (nSPS) is 21.1. The van der Waals surface area contributed by atoms with Crippen LogP contribution in [0, 0.1) is 22.3 Å². The molecule has 29 heavy (non-hydrogen) atoms. The van der Waals surface area contributed by atoms with Crippen molar-refractivity contribution < 1.29 is 14.4 Å². The maximum atomic E-state index is 12.9. The SMILES string of the molecule is CC1=CC[C@H]2C(=O)N(c3cccc(C(=O)Nc4ccc(I)cc4C)c3)C(=O)[C@@H]2C1. The average Bonchev–Trinajstić information content (AvgIpc) is 2.94. The number of amides is 3. The number of hydrogen-bond donors (Lipinski definition) is 1. The predicted molar refractivity (Wildman–Crippen MR) is 121 cm³/mol. The second-order valence-electron chi connectivity index (χ2n) is 7.68. The number of halogens is 1. The minimum Gasteiger partial charge on any atom is -0.322 e. The highest BCUT2D eigenvalue weighted by Gasteiger charge is 2.48. The maximum Gasteiger partial charge on any atom is 0.255 e. The molecule has 0 unspecified atom stereocenters. The Hall–Kier alpha value is -2.48. The Morgan fingerprint density at radius 3 is 2.59 bits per heavy atom. The van der Waals surface area contributed by atoms with Crippen LogP contribution >= 0.6 is 22.6 Å². The van der Waals surface area contributed by atoms with Gasteiger partial charge in [-0.15, -0.1) is 0 Å². The van der Waals surface area contributed by atoms with Crippen molar-refractivity contribution in [3.63, 3.8) is 0 Å². The molecule has 1 heterocycles. The van der Waals surface area contributed by atoms with Gasteiger partial charge in [0, 0.05) is 14.8 Å². The summed E-state index contributed by atoms with van der Waals surface area (Å²) in [6, 6.07) is 12.5. The summed E-state index contributed by atoms with van der Waals surface area (Å²) in [4.78, 5) is 39.8. The Kier molecular flexibility index (Phi) is 5.29. The Morgan fingerprint density at radius 2 is 1.83 bits per heavy atom. The Balaban J connectivity index is 1.58. The number of aryl methyl sites for hydroxylation is 1. The first kappa shape index (κ1) is 19.8. The summed E-state index contributed by atoms with van der Waals surface area (Å²) in [5.74, 6) is -1.20. The molecule has 3 amide bonds. The molecule has 1 aliphatic carbocycles. The Morgan fingerprint density at radius 1 is 1.07 bits per heavy atom. The lowest BCUT2D eigenvalue weighted by Gasteiger charge is -2.18. The highest BCUT2D eigenvalue weighted by molar-refractivity contribution is 14.1. The molecule has 2 aromatic rings. The lowest BCUT2D eigenvalue weighted by molar-refractivity contribution is -0.122. The van der Waals surface area contributed by atoms with Crippen LogP contribution in [0.25, 0.3) is 0 Å². The summed E-state index contributed by atoms with van der Waals surface area (Å²) in [5.41, 5.74) is 3.72. The molecule has 0 saturated carbocycles. The fourth-order valence-electron chi connectivity index (χ4n) is 4.04. The number of hydrogen-bond acceptors (Lipinski definition) is 3. The van der Waals surface area contributed by atoms with Gasteiger partial charge in [0.15, 0.2) is 0 Å². The van der Waals surface area contributed by atoms with E-state index in [1.54, 1.807) is 24.3 Å². The van der Waals surface area contributed by atoms with Gasteiger partial charge < -0.3 is 5.32 Å². The van der Waals surface area contributed by atoms with Gasteiger partial charge in [-0.2, -0.15) is 0 Å². The molecule has 0 spiro atoms. The van der Waals surface area contributed by atoms with Crippen molar-refractivity contribution in [2.24, 2.45) is 11.8 Å². The Labute approximate surface area is 183 Å². The zero-order valence-electron chi connectivity index (χ0n) is 16.2. The number of anilines is 2. The van der Waals surface area contributed by atoms with Gasteiger partial charge in [0.05, 0.1) is 17.5 Å². The van der Waals surface area contributed by atoms with E-state index >= 15 is 0 Å². The monoisotopic (exact) mass is 500 g/mol. The van der Waals surface area contributed by atoms with E-state index < -0.39 is 0 Å². The maximum absolute atomic E-state index is 12.9. The highest BCUT2D eigenvalue weighted by atomic mass is 127. The van der Waals surface area contributed by atoms with Crippen LogP contribution in [0.15, 0.2) is 54.1 Å². The number of allylic oxidation sites excluding steroid dienone is 2. The summed E-state index contributed by atoms with van der Waals surface area (Å²) in [6.45, 7) is 3.93. The summed E-state index contributed by atoms with van der Waals surface area (Å²) < 4.78 is 1.09. The minimum atomic E-state index is -0.293. The van der Waals surface area contributed by atoms with Crippen molar-refractivity contribution in [2.45, 2.75) is 26.7 Å². The summed E-state index contributed by atoms with van der Waals surface area (Å²) >= 11 is 2.23. The third kappa shape index (κ3) is 3.73. The lowest BCUT2D eigenvalue weighted by Crippen LogP contribution is -2.31. The molecule has 0 radical (unpaired) electrons. The van der Waals surface area contributed by atoms with Crippen LogP contribution in [0.1, 0.15) is 35.7 Å². The quantitative estimate of drug-likeness (QED) is 0.378. The first-order valence-corrected chi connectivity index (χ1v) is 10.6. The molecule has 0 bridgehead atoms. The summed E-state index contributed by atoms with van der Waals surface area (Å²) in [6.07, 6.45) is 3.27. The number of benzene rings is 2. The fourth-order valence-corrected chi connectivity index (χ4v) is 4.69. The van der Waals surface area contributed by atoms with Crippen LogP contribution < -0.4 is 10.2 Å². The van der Waals surface area contributed by atoms with Gasteiger partial charge in [-0.25, -0.2) is 0 Å². The van der Waals surface area contributed by atoms with E-state index in [9.17, 15) is 14.4 Å². The number of rotatable bonds is 3.